The molecule has 1 rings (SSSR count). The molecule has 0 saturated carbocycles. The van der Waals surface area contributed by atoms with Gasteiger partial charge in [0.25, 0.3) is 0 Å². The topological polar surface area (TPSA) is 70.6 Å². The summed E-state index contributed by atoms with van der Waals surface area (Å²) in [5.74, 6) is 0. The van der Waals surface area contributed by atoms with Gasteiger partial charge in [0.05, 0.1) is 13.2 Å². The number of nitrogens with one attached hydrogen (secondary N) is 2. The lowest BCUT2D eigenvalue weighted by Gasteiger charge is -2.07. The van der Waals surface area contributed by atoms with E-state index in [2.05, 4.69) is 26.6 Å². The number of carbonyl (C=O) groups is 1. The van der Waals surface area contributed by atoms with Crippen LogP contribution in [0.15, 0.2) is 28.7 Å². The first-order valence-electron chi connectivity index (χ1n) is 5.71. The van der Waals surface area contributed by atoms with Gasteiger partial charge in [0, 0.05) is 23.3 Å². The molecule has 0 aliphatic rings. The molecular weight excluding hydrogens is 300 g/mol. The van der Waals surface area contributed by atoms with Crippen LogP contribution >= 0.6 is 15.9 Å². The molecule has 100 valence electrons. The van der Waals surface area contributed by atoms with Crippen molar-refractivity contribution in [3.8, 4) is 0 Å². The van der Waals surface area contributed by atoms with E-state index in [1.54, 1.807) is 0 Å². The number of halogens is 1. The minimum absolute atomic E-state index is 0.0253. The molecule has 5 nitrogen and oxygen atoms in total. The van der Waals surface area contributed by atoms with Crippen LogP contribution in [0, 0.1) is 0 Å². The van der Waals surface area contributed by atoms with Crippen LogP contribution in [0.1, 0.15) is 6.42 Å². The zero-order valence-corrected chi connectivity index (χ0v) is 11.6. The summed E-state index contributed by atoms with van der Waals surface area (Å²) in [5.41, 5.74) is 0.743. The summed E-state index contributed by atoms with van der Waals surface area (Å²) >= 11 is 3.32. The van der Waals surface area contributed by atoms with E-state index in [9.17, 15) is 4.79 Å². The number of urea groups is 1. The number of ether oxygens (including phenoxy) is 1. The second-order valence-corrected chi connectivity index (χ2v) is 4.49. The lowest BCUT2D eigenvalue weighted by molar-refractivity contribution is 0.0910. The average Bonchev–Trinajstić information content (AvgIpc) is 2.36. The molecule has 0 unspecified atom stereocenters. The lowest BCUT2D eigenvalue weighted by Crippen LogP contribution is -2.30. The van der Waals surface area contributed by atoms with Gasteiger partial charge in [-0.2, -0.15) is 0 Å². The van der Waals surface area contributed by atoms with Crippen molar-refractivity contribution in [2.75, 3.05) is 31.7 Å². The van der Waals surface area contributed by atoms with Gasteiger partial charge in [-0.15, -0.1) is 0 Å². The van der Waals surface area contributed by atoms with Crippen molar-refractivity contribution in [2.24, 2.45) is 0 Å². The zero-order chi connectivity index (χ0) is 13.2. The van der Waals surface area contributed by atoms with Crippen LogP contribution in [0.5, 0.6) is 0 Å². The van der Waals surface area contributed by atoms with Crippen LogP contribution in [-0.2, 0) is 4.74 Å². The Morgan fingerprint density at radius 2 is 2.00 bits per heavy atom. The van der Waals surface area contributed by atoms with Gasteiger partial charge in [0.2, 0.25) is 0 Å². The quantitative estimate of drug-likeness (QED) is 0.673. The molecule has 6 heteroatoms. The molecule has 0 atom stereocenters. The Balaban J connectivity index is 2.12. The van der Waals surface area contributed by atoms with Gasteiger partial charge in [-0.05, 0) is 30.7 Å². The highest BCUT2D eigenvalue weighted by molar-refractivity contribution is 9.10. The van der Waals surface area contributed by atoms with E-state index in [0.717, 1.165) is 10.2 Å². The van der Waals surface area contributed by atoms with E-state index in [0.29, 0.717) is 26.2 Å². The largest absolute Gasteiger partial charge is 0.394 e. The van der Waals surface area contributed by atoms with E-state index in [1.165, 1.54) is 0 Å². The van der Waals surface area contributed by atoms with Crippen LogP contribution in [-0.4, -0.2) is 37.5 Å². The molecule has 0 spiro atoms. The summed E-state index contributed by atoms with van der Waals surface area (Å²) in [6, 6.07) is 7.11. The number of anilines is 1. The molecule has 0 aromatic heterocycles. The standard InChI is InChI=1S/C12H17BrN2O3/c13-10-2-4-11(5-3-10)15-12(17)14-6-1-8-18-9-7-16/h2-5,16H,1,6-9H2,(H2,14,15,17). The third kappa shape index (κ3) is 6.58. The van der Waals surface area contributed by atoms with E-state index in [1.807, 2.05) is 24.3 Å². The number of carbonyl (C=O) groups excluding carboxylic acids is 1. The average molecular weight is 317 g/mol. The molecule has 0 heterocycles. The molecule has 3 N–H and O–H groups in total. The maximum atomic E-state index is 11.5. The molecule has 0 bridgehead atoms. The number of benzene rings is 1. The number of rotatable bonds is 7. The van der Waals surface area contributed by atoms with Gasteiger partial charge in [-0.1, -0.05) is 15.9 Å². The van der Waals surface area contributed by atoms with Crippen LogP contribution in [0.4, 0.5) is 10.5 Å². The molecule has 0 aliphatic heterocycles. The number of hydrogen-bond donors (Lipinski definition) is 3. The maximum absolute atomic E-state index is 11.5. The highest BCUT2D eigenvalue weighted by atomic mass is 79.9. The highest BCUT2D eigenvalue weighted by Crippen LogP contribution is 2.13. The third-order valence-electron chi connectivity index (χ3n) is 2.09. The maximum Gasteiger partial charge on any atom is 0.319 e. The van der Waals surface area contributed by atoms with Gasteiger partial charge >= 0.3 is 6.03 Å². The molecule has 0 fully saturated rings. The highest BCUT2D eigenvalue weighted by Gasteiger charge is 2.00. The fourth-order valence-corrected chi connectivity index (χ4v) is 1.52. The van der Waals surface area contributed by atoms with Crippen molar-refractivity contribution in [1.29, 1.82) is 0 Å². The molecular formula is C12H17BrN2O3. The van der Waals surface area contributed by atoms with E-state index in [-0.39, 0.29) is 12.6 Å². The smallest absolute Gasteiger partial charge is 0.319 e. The number of amides is 2. The van der Waals surface area contributed by atoms with Crippen LogP contribution in [0.25, 0.3) is 0 Å². The molecule has 0 aliphatic carbocycles. The summed E-state index contributed by atoms with van der Waals surface area (Å²) in [6.45, 7) is 1.43. The van der Waals surface area contributed by atoms with Crippen molar-refractivity contribution in [3.63, 3.8) is 0 Å². The summed E-state index contributed by atoms with van der Waals surface area (Å²) in [4.78, 5) is 11.5. The Labute approximate surface area is 115 Å². The zero-order valence-electron chi connectivity index (χ0n) is 9.99. The van der Waals surface area contributed by atoms with Crippen molar-refractivity contribution < 1.29 is 14.6 Å². The van der Waals surface area contributed by atoms with Gasteiger partial charge in [-0.3, -0.25) is 0 Å². The van der Waals surface area contributed by atoms with Gasteiger partial charge in [0.1, 0.15) is 0 Å². The predicted octanol–water partition coefficient (Wildman–Crippen LogP) is 1.97. The lowest BCUT2D eigenvalue weighted by atomic mass is 10.3. The summed E-state index contributed by atoms with van der Waals surface area (Å²) < 4.78 is 6.04. The number of hydrogen-bond acceptors (Lipinski definition) is 3. The first-order chi connectivity index (χ1) is 8.72. The van der Waals surface area contributed by atoms with Gasteiger partial charge < -0.3 is 20.5 Å². The predicted molar refractivity (Wildman–Crippen MR) is 73.7 cm³/mol. The minimum atomic E-state index is -0.237. The molecule has 1 aromatic carbocycles. The Kier molecular flexibility index (Phi) is 7.40. The van der Waals surface area contributed by atoms with Crippen LogP contribution in [0.3, 0.4) is 0 Å². The van der Waals surface area contributed by atoms with Crippen LogP contribution < -0.4 is 10.6 Å². The monoisotopic (exact) mass is 316 g/mol. The Morgan fingerprint density at radius 3 is 2.67 bits per heavy atom. The van der Waals surface area contributed by atoms with E-state index in [4.69, 9.17) is 9.84 Å². The number of aliphatic hydroxyl groups is 1. The normalized spacial score (nSPS) is 10.1. The van der Waals surface area contributed by atoms with Crippen molar-refractivity contribution in [1.82, 2.24) is 5.32 Å². The Hall–Kier alpha value is -1.11. The molecule has 0 saturated heterocycles. The first kappa shape index (κ1) is 14.9. The molecule has 18 heavy (non-hydrogen) atoms. The fourth-order valence-electron chi connectivity index (χ4n) is 1.25. The second kappa shape index (κ2) is 8.91. The summed E-state index contributed by atoms with van der Waals surface area (Å²) in [7, 11) is 0. The Bertz CT molecular complexity index is 357. The van der Waals surface area contributed by atoms with Crippen molar-refractivity contribution in [3.05, 3.63) is 28.7 Å². The fraction of sp³-hybridized carbons (Fsp3) is 0.417. The number of aliphatic hydroxyl groups excluding tert-OH is 1. The van der Waals surface area contributed by atoms with Crippen LogP contribution in [0.2, 0.25) is 0 Å². The van der Waals surface area contributed by atoms with E-state index >= 15 is 0 Å². The van der Waals surface area contributed by atoms with Crippen molar-refractivity contribution >= 4 is 27.6 Å². The molecule has 2 amide bonds. The van der Waals surface area contributed by atoms with E-state index < -0.39 is 0 Å². The van der Waals surface area contributed by atoms with Crippen molar-refractivity contribution in [2.45, 2.75) is 6.42 Å². The third-order valence-corrected chi connectivity index (χ3v) is 2.62. The Morgan fingerprint density at radius 1 is 1.28 bits per heavy atom. The summed E-state index contributed by atoms with van der Waals surface area (Å²) in [6.07, 6.45) is 0.716. The SMILES string of the molecule is O=C(NCCCOCCO)Nc1ccc(Br)cc1. The first-order valence-corrected chi connectivity index (χ1v) is 6.50. The molecule has 1 aromatic rings. The van der Waals surface area contributed by atoms with Gasteiger partial charge in [-0.25, -0.2) is 4.79 Å². The second-order valence-electron chi connectivity index (χ2n) is 3.58. The summed E-state index contributed by atoms with van der Waals surface area (Å²) in [5, 5.41) is 13.9. The minimum Gasteiger partial charge on any atom is -0.394 e. The molecule has 0 radical (unpaired) electrons. The van der Waals surface area contributed by atoms with Gasteiger partial charge in [0.15, 0.2) is 0 Å².